The minimum Gasteiger partial charge on any atom is -0.254 e. The lowest BCUT2D eigenvalue weighted by Gasteiger charge is -2.24. The highest BCUT2D eigenvalue weighted by Crippen LogP contribution is 2.50. The summed E-state index contributed by atoms with van der Waals surface area (Å²) in [6.45, 7) is 0. The Morgan fingerprint density at radius 1 is 1.15 bits per heavy atom. The van der Waals surface area contributed by atoms with Gasteiger partial charge in [0, 0.05) is 0 Å². The van der Waals surface area contributed by atoms with Gasteiger partial charge in [-0.1, -0.05) is 83.4 Å². The van der Waals surface area contributed by atoms with Gasteiger partial charge in [0.1, 0.15) is 0 Å². The molecule has 0 heterocycles. The average Bonchev–Trinajstić information content (AvgIpc) is 2.99. The topological polar surface area (TPSA) is 17.1 Å². The Labute approximate surface area is 136 Å². The highest BCUT2D eigenvalue weighted by Gasteiger charge is 2.48. The third-order valence-electron chi connectivity index (χ3n) is 3.85. The van der Waals surface area contributed by atoms with Gasteiger partial charge in [0.25, 0.3) is 3.12 Å². The van der Waals surface area contributed by atoms with Crippen LogP contribution in [0.2, 0.25) is 0 Å². The fourth-order valence-corrected chi connectivity index (χ4v) is 5.18. The van der Waals surface area contributed by atoms with Crippen LogP contribution in [0.1, 0.15) is 12.0 Å². The van der Waals surface area contributed by atoms with E-state index in [2.05, 4.69) is 18.2 Å². The Hall–Kier alpha value is -0.280. The SMILES string of the molecule is O=S([C@H]1/C(=C/c2ccccc2)[C@H]2C=C[C@@H]1C2)C(Cl)(Cl)Cl. The first kappa shape index (κ1) is 14.6. The van der Waals surface area contributed by atoms with Gasteiger partial charge in [0.2, 0.25) is 0 Å². The molecule has 1 unspecified atom stereocenters. The molecule has 0 radical (unpaired) electrons. The van der Waals surface area contributed by atoms with Crippen molar-refractivity contribution in [3.63, 3.8) is 0 Å². The van der Waals surface area contributed by atoms with Gasteiger partial charge < -0.3 is 0 Å². The number of allylic oxidation sites excluding steroid dienone is 2. The molecule has 2 aliphatic carbocycles. The van der Waals surface area contributed by atoms with Crippen molar-refractivity contribution < 1.29 is 4.21 Å². The second-order valence-corrected chi connectivity index (χ2v) is 9.78. The second-order valence-electron chi connectivity index (χ2n) is 5.11. The molecular formula is C15H13Cl3OS. The van der Waals surface area contributed by atoms with Crippen LogP contribution in [0.4, 0.5) is 0 Å². The standard InChI is InChI=1S/C15H13Cl3OS/c16-15(17,18)20(19)14-12-7-6-11(9-12)13(14)8-10-4-2-1-3-5-10/h1-8,11-12,14H,9H2/b13-8+/t11-,12+,14+,20?/m0/s1. The molecule has 20 heavy (non-hydrogen) atoms. The number of halogens is 3. The predicted molar refractivity (Wildman–Crippen MR) is 87.4 cm³/mol. The molecule has 0 N–H and O–H groups in total. The average molecular weight is 348 g/mol. The van der Waals surface area contributed by atoms with Gasteiger partial charge in [-0.05, 0) is 29.4 Å². The fourth-order valence-electron chi connectivity index (χ4n) is 3.01. The maximum absolute atomic E-state index is 12.5. The predicted octanol–water partition coefficient (Wildman–Crippen LogP) is 4.72. The number of benzene rings is 1. The molecule has 3 rings (SSSR count). The smallest absolute Gasteiger partial charge is 0.254 e. The van der Waals surface area contributed by atoms with Gasteiger partial charge in [0.05, 0.1) is 16.0 Å². The highest BCUT2D eigenvalue weighted by atomic mass is 35.6. The largest absolute Gasteiger partial charge is 0.266 e. The van der Waals surface area contributed by atoms with Crippen LogP contribution in [0.3, 0.4) is 0 Å². The number of hydrogen-bond acceptors (Lipinski definition) is 1. The van der Waals surface area contributed by atoms with Gasteiger partial charge in [-0.25, -0.2) is 0 Å². The molecule has 0 aromatic heterocycles. The van der Waals surface area contributed by atoms with Gasteiger partial charge in [-0.3, -0.25) is 4.21 Å². The van der Waals surface area contributed by atoms with Crippen LogP contribution in [0.25, 0.3) is 6.08 Å². The van der Waals surface area contributed by atoms with Crippen molar-refractivity contribution in [3.05, 3.63) is 53.6 Å². The van der Waals surface area contributed by atoms with Crippen LogP contribution < -0.4 is 0 Å². The van der Waals surface area contributed by atoms with E-state index in [1.807, 2.05) is 30.3 Å². The van der Waals surface area contributed by atoms with E-state index in [1.54, 1.807) is 0 Å². The van der Waals surface area contributed by atoms with Gasteiger partial charge in [0.15, 0.2) is 0 Å². The molecule has 1 saturated carbocycles. The summed E-state index contributed by atoms with van der Waals surface area (Å²) in [5.41, 5.74) is 2.21. The molecule has 4 atom stereocenters. The molecule has 106 valence electrons. The Morgan fingerprint density at radius 2 is 1.85 bits per heavy atom. The third kappa shape index (κ3) is 2.71. The summed E-state index contributed by atoms with van der Waals surface area (Å²) in [5.74, 6) is 0.535. The molecule has 2 bridgehead atoms. The van der Waals surface area contributed by atoms with Crippen LogP contribution in [0.5, 0.6) is 0 Å². The molecule has 1 nitrogen and oxygen atoms in total. The van der Waals surface area contributed by atoms with Crippen molar-refractivity contribution in [3.8, 4) is 0 Å². The Bertz CT molecular complexity index is 589. The summed E-state index contributed by atoms with van der Waals surface area (Å²) in [6, 6.07) is 9.99. The lowest BCUT2D eigenvalue weighted by molar-refractivity contribution is 0.652. The minimum atomic E-state index is -1.74. The van der Waals surface area contributed by atoms with Crippen LogP contribution in [-0.2, 0) is 10.8 Å². The Kier molecular flexibility index (Phi) is 4.02. The van der Waals surface area contributed by atoms with Crippen LogP contribution in [0.15, 0.2) is 48.1 Å². The van der Waals surface area contributed by atoms with E-state index in [1.165, 1.54) is 0 Å². The summed E-state index contributed by atoms with van der Waals surface area (Å²) in [5, 5.41) is -0.197. The molecular weight excluding hydrogens is 335 g/mol. The van der Waals surface area contributed by atoms with E-state index in [4.69, 9.17) is 34.8 Å². The van der Waals surface area contributed by atoms with Crippen molar-refractivity contribution in [2.75, 3.05) is 0 Å². The maximum Gasteiger partial charge on any atom is 0.266 e. The summed E-state index contributed by atoms with van der Waals surface area (Å²) in [4.78, 5) is 0. The molecule has 0 saturated heterocycles. The number of alkyl halides is 3. The Morgan fingerprint density at radius 3 is 2.50 bits per heavy atom. The lowest BCUT2D eigenvalue weighted by atomic mass is 9.98. The van der Waals surface area contributed by atoms with Crippen LogP contribution in [0, 0.1) is 11.8 Å². The summed E-state index contributed by atoms with van der Waals surface area (Å²) in [6.07, 6.45) is 7.33. The number of hydrogen-bond donors (Lipinski definition) is 0. The van der Waals surface area contributed by atoms with Gasteiger partial charge >= 0.3 is 0 Å². The molecule has 2 aliphatic rings. The van der Waals surface area contributed by atoms with E-state index < -0.39 is 13.9 Å². The maximum atomic E-state index is 12.5. The third-order valence-corrected chi connectivity index (χ3v) is 6.76. The first-order valence-corrected chi connectivity index (χ1v) is 8.74. The van der Waals surface area contributed by atoms with Gasteiger partial charge in [-0.15, -0.1) is 0 Å². The Balaban J connectivity index is 1.98. The zero-order chi connectivity index (χ0) is 14.3. The summed E-state index contributed by atoms with van der Waals surface area (Å²) >= 11 is 17.5. The van der Waals surface area contributed by atoms with E-state index in [0.29, 0.717) is 5.92 Å². The van der Waals surface area contributed by atoms with E-state index in [0.717, 1.165) is 17.6 Å². The zero-order valence-corrected chi connectivity index (χ0v) is 13.6. The van der Waals surface area contributed by atoms with Crippen molar-refractivity contribution in [1.29, 1.82) is 0 Å². The van der Waals surface area contributed by atoms with Gasteiger partial charge in [-0.2, -0.15) is 0 Å². The zero-order valence-electron chi connectivity index (χ0n) is 10.5. The molecule has 0 aliphatic heterocycles. The highest BCUT2D eigenvalue weighted by molar-refractivity contribution is 7.92. The summed E-state index contributed by atoms with van der Waals surface area (Å²) in [7, 11) is -1.54. The fraction of sp³-hybridized carbons (Fsp3) is 0.333. The van der Waals surface area contributed by atoms with Crippen LogP contribution in [-0.4, -0.2) is 12.6 Å². The second kappa shape index (κ2) is 5.49. The van der Waals surface area contributed by atoms with E-state index in [-0.39, 0.29) is 11.2 Å². The monoisotopic (exact) mass is 346 g/mol. The van der Waals surface area contributed by atoms with Crippen molar-refractivity contribution in [2.24, 2.45) is 11.8 Å². The van der Waals surface area contributed by atoms with Crippen molar-refractivity contribution in [2.45, 2.75) is 14.8 Å². The quantitative estimate of drug-likeness (QED) is 0.559. The number of rotatable bonds is 2. The van der Waals surface area contributed by atoms with Crippen LogP contribution >= 0.6 is 34.8 Å². The normalized spacial score (nSPS) is 31.9. The van der Waals surface area contributed by atoms with Crippen molar-refractivity contribution >= 4 is 51.7 Å². The van der Waals surface area contributed by atoms with E-state index >= 15 is 0 Å². The molecule has 1 fully saturated rings. The lowest BCUT2D eigenvalue weighted by Crippen LogP contribution is -2.30. The molecule has 0 spiro atoms. The molecule has 5 heteroatoms. The molecule has 1 aromatic carbocycles. The summed E-state index contributed by atoms with van der Waals surface area (Å²) < 4.78 is 10.8. The first-order valence-electron chi connectivity index (χ1n) is 6.39. The minimum absolute atomic E-state index is 0.197. The van der Waals surface area contributed by atoms with E-state index in [9.17, 15) is 4.21 Å². The molecule has 1 aromatic rings. The molecule has 0 amide bonds. The number of fused-ring (bicyclic) bond motifs is 2. The van der Waals surface area contributed by atoms with Crippen molar-refractivity contribution in [1.82, 2.24) is 0 Å². The first-order chi connectivity index (χ1) is 9.47.